The molecule has 0 aliphatic carbocycles. The highest BCUT2D eigenvalue weighted by Gasteiger charge is 2.25. The fraction of sp³-hybridized carbons (Fsp3) is 0.400. The van der Waals surface area contributed by atoms with Crippen molar-refractivity contribution in [3.8, 4) is 17.1 Å². The summed E-state index contributed by atoms with van der Waals surface area (Å²) in [6.07, 6.45) is 5.88. The number of benzene rings is 1. The van der Waals surface area contributed by atoms with Gasteiger partial charge in [0.15, 0.2) is 5.82 Å². The monoisotopic (exact) mass is 417 g/mol. The number of aromatic nitrogens is 3. The van der Waals surface area contributed by atoms with E-state index in [2.05, 4.69) is 41.1 Å². The molecule has 1 aliphatic heterocycles. The van der Waals surface area contributed by atoms with E-state index in [1.807, 2.05) is 31.1 Å². The molecular weight excluding hydrogens is 386 g/mol. The minimum Gasteiger partial charge on any atom is -0.496 e. The molecule has 31 heavy (non-hydrogen) atoms. The highest BCUT2D eigenvalue weighted by molar-refractivity contribution is 5.57. The number of aryl methyl sites for hydroxylation is 1. The van der Waals surface area contributed by atoms with Crippen LogP contribution in [0.1, 0.15) is 35.6 Å². The molecule has 3 heterocycles. The van der Waals surface area contributed by atoms with E-state index in [1.165, 1.54) is 11.1 Å². The maximum atomic E-state index is 5.68. The summed E-state index contributed by atoms with van der Waals surface area (Å²) in [7, 11) is 5.81. The van der Waals surface area contributed by atoms with Crippen LogP contribution in [0.25, 0.3) is 11.4 Å². The van der Waals surface area contributed by atoms with Crippen LogP contribution in [0.15, 0.2) is 48.8 Å². The van der Waals surface area contributed by atoms with Crippen molar-refractivity contribution in [2.24, 2.45) is 0 Å². The molecule has 4 rings (SSSR count). The third-order valence-corrected chi connectivity index (χ3v) is 5.94. The summed E-state index contributed by atoms with van der Waals surface area (Å²) in [5.41, 5.74) is 4.54. The molecule has 1 saturated heterocycles. The van der Waals surface area contributed by atoms with Crippen molar-refractivity contribution in [1.29, 1.82) is 0 Å². The summed E-state index contributed by atoms with van der Waals surface area (Å²) < 4.78 is 5.68. The van der Waals surface area contributed by atoms with Crippen molar-refractivity contribution in [2.45, 2.75) is 32.2 Å². The van der Waals surface area contributed by atoms with E-state index in [-0.39, 0.29) is 0 Å². The van der Waals surface area contributed by atoms with Crippen LogP contribution < -0.4 is 9.64 Å². The molecule has 0 bridgehead atoms. The number of pyridine rings is 1. The van der Waals surface area contributed by atoms with E-state index in [4.69, 9.17) is 14.7 Å². The van der Waals surface area contributed by atoms with Crippen LogP contribution >= 0.6 is 0 Å². The van der Waals surface area contributed by atoms with Crippen LogP contribution in [-0.2, 0) is 6.54 Å². The number of ether oxygens (including phenoxy) is 1. The Morgan fingerprint density at radius 1 is 1.13 bits per heavy atom. The molecule has 0 amide bonds. The molecule has 2 aromatic heterocycles. The third-order valence-electron chi connectivity index (χ3n) is 5.94. The van der Waals surface area contributed by atoms with Gasteiger partial charge in [-0.1, -0.05) is 18.2 Å². The summed E-state index contributed by atoms with van der Waals surface area (Å²) in [4.78, 5) is 18.5. The molecule has 0 N–H and O–H groups in total. The molecule has 1 fully saturated rings. The molecule has 0 saturated carbocycles. The van der Waals surface area contributed by atoms with Gasteiger partial charge in [0.2, 0.25) is 0 Å². The zero-order valence-electron chi connectivity index (χ0n) is 18.9. The molecule has 1 atom stereocenters. The topological polar surface area (TPSA) is 54.4 Å². The Balaban J connectivity index is 1.59. The fourth-order valence-corrected chi connectivity index (χ4v) is 4.33. The van der Waals surface area contributed by atoms with Crippen LogP contribution in [0.3, 0.4) is 0 Å². The van der Waals surface area contributed by atoms with Gasteiger partial charge in [0.25, 0.3) is 0 Å². The van der Waals surface area contributed by atoms with Gasteiger partial charge in [0.1, 0.15) is 11.6 Å². The minimum atomic E-state index is 0.381. The van der Waals surface area contributed by atoms with E-state index in [0.29, 0.717) is 5.92 Å². The minimum absolute atomic E-state index is 0.381. The van der Waals surface area contributed by atoms with E-state index >= 15 is 0 Å². The molecular formula is C25H31N5O. The van der Waals surface area contributed by atoms with E-state index in [0.717, 1.165) is 61.1 Å². The molecule has 1 aromatic carbocycles. The standard InChI is InChI=1S/C25H31N5O/c1-18-7-5-8-21(24(18)31-4)17-30-14-6-9-20(16-30)22-15-23(29(2)3)28-25(27-22)19-10-12-26-13-11-19/h5,7-8,10-13,15,20H,6,9,14,16-17H2,1-4H3/t20-/m0/s1. The highest BCUT2D eigenvalue weighted by atomic mass is 16.5. The number of hydrogen-bond donors (Lipinski definition) is 0. The number of para-hydroxylation sites is 1. The largest absolute Gasteiger partial charge is 0.496 e. The SMILES string of the molecule is COc1c(C)cccc1CN1CCC[C@H](c2cc(N(C)C)nc(-c3ccncc3)n2)C1. The van der Waals surface area contributed by atoms with E-state index < -0.39 is 0 Å². The average molecular weight is 418 g/mol. The van der Waals surface area contributed by atoms with Crippen LogP contribution in [-0.4, -0.2) is 54.1 Å². The Hall–Kier alpha value is -2.99. The maximum Gasteiger partial charge on any atom is 0.161 e. The van der Waals surface area contributed by atoms with Gasteiger partial charge < -0.3 is 9.64 Å². The Morgan fingerprint density at radius 2 is 1.94 bits per heavy atom. The quantitative estimate of drug-likeness (QED) is 0.596. The fourth-order valence-electron chi connectivity index (χ4n) is 4.33. The maximum absolute atomic E-state index is 5.68. The predicted octanol–water partition coefficient (Wildman–Crippen LogP) is 4.30. The second-order valence-electron chi connectivity index (χ2n) is 8.45. The smallest absolute Gasteiger partial charge is 0.161 e. The van der Waals surface area contributed by atoms with Crippen molar-refractivity contribution in [3.63, 3.8) is 0 Å². The average Bonchev–Trinajstić information content (AvgIpc) is 2.80. The molecule has 0 radical (unpaired) electrons. The predicted molar refractivity (Wildman–Crippen MR) is 125 cm³/mol. The molecule has 162 valence electrons. The van der Waals surface area contributed by atoms with Crippen molar-refractivity contribution in [3.05, 3.63) is 65.6 Å². The van der Waals surface area contributed by atoms with Crippen LogP contribution in [0.4, 0.5) is 5.82 Å². The number of methoxy groups -OCH3 is 1. The first kappa shape index (κ1) is 21.2. The highest BCUT2D eigenvalue weighted by Crippen LogP contribution is 2.31. The third kappa shape index (κ3) is 4.85. The number of nitrogens with zero attached hydrogens (tertiary/aromatic N) is 5. The number of likely N-dealkylation sites (tertiary alicyclic amines) is 1. The van der Waals surface area contributed by atoms with Gasteiger partial charge in [0.05, 0.1) is 12.8 Å². The summed E-state index contributed by atoms with van der Waals surface area (Å²) in [5.74, 6) is 3.09. The number of hydrogen-bond acceptors (Lipinski definition) is 6. The molecule has 1 aliphatic rings. The lowest BCUT2D eigenvalue weighted by Crippen LogP contribution is -2.34. The van der Waals surface area contributed by atoms with Crippen LogP contribution in [0.2, 0.25) is 0 Å². The first-order valence-corrected chi connectivity index (χ1v) is 10.9. The number of piperidine rings is 1. The van der Waals surface area contributed by atoms with Gasteiger partial charge in [-0.3, -0.25) is 9.88 Å². The Morgan fingerprint density at radius 3 is 2.68 bits per heavy atom. The molecule has 0 unspecified atom stereocenters. The Kier molecular flexibility index (Phi) is 6.47. The second kappa shape index (κ2) is 9.43. The van der Waals surface area contributed by atoms with Gasteiger partial charge in [-0.2, -0.15) is 0 Å². The van der Waals surface area contributed by atoms with E-state index in [1.54, 1.807) is 19.5 Å². The number of rotatable bonds is 6. The second-order valence-corrected chi connectivity index (χ2v) is 8.45. The lowest BCUT2D eigenvalue weighted by Gasteiger charge is -2.33. The molecule has 0 spiro atoms. The van der Waals surface area contributed by atoms with Crippen LogP contribution in [0, 0.1) is 6.92 Å². The summed E-state index contributed by atoms with van der Waals surface area (Å²) in [6, 6.07) is 12.5. The number of anilines is 1. The molecule has 6 heteroatoms. The zero-order chi connectivity index (χ0) is 21.8. The van der Waals surface area contributed by atoms with Crippen molar-refractivity contribution >= 4 is 5.82 Å². The lowest BCUT2D eigenvalue weighted by molar-refractivity contribution is 0.196. The van der Waals surface area contributed by atoms with Gasteiger partial charge in [-0.15, -0.1) is 0 Å². The summed E-state index contributed by atoms with van der Waals surface area (Å²) >= 11 is 0. The van der Waals surface area contributed by atoms with Gasteiger partial charge in [-0.05, 0) is 44.0 Å². The van der Waals surface area contributed by atoms with Crippen molar-refractivity contribution in [2.75, 3.05) is 39.2 Å². The zero-order valence-corrected chi connectivity index (χ0v) is 18.9. The lowest BCUT2D eigenvalue weighted by atomic mass is 9.93. The van der Waals surface area contributed by atoms with Gasteiger partial charge in [-0.25, -0.2) is 9.97 Å². The Bertz CT molecular complexity index is 1020. The first-order valence-electron chi connectivity index (χ1n) is 10.9. The Labute approximate surface area is 184 Å². The van der Waals surface area contributed by atoms with Gasteiger partial charge in [0, 0.05) is 62.7 Å². The molecule has 3 aromatic rings. The van der Waals surface area contributed by atoms with Crippen molar-refractivity contribution < 1.29 is 4.74 Å². The summed E-state index contributed by atoms with van der Waals surface area (Å²) in [6.45, 7) is 5.07. The van der Waals surface area contributed by atoms with E-state index in [9.17, 15) is 0 Å². The summed E-state index contributed by atoms with van der Waals surface area (Å²) in [5, 5.41) is 0. The normalized spacial score (nSPS) is 16.8. The van der Waals surface area contributed by atoms with Crippen molar-refractivity contribution in [1.82, 2.24) is 19.9 Å². The first-order chi connectivity index (χ1) is 15.0. The van der Waals surface area contributed by atoms with Gasteiger partial charge >= 0.3 is 0 Å². The molecule has 6 nitrogen and oxygen atoms in total. The van der Waals surface area contributed by atoms with Crippen LogP contribution in [0.5, 0.6) is 5.75 Å².